The van der Waals surface area contributed by atoms with Crippen molar-refractivity contribution in [2.24, 2.45) is 7.05 Å². The number of anilines is 2. The van der Waals surface area contributed by atoms with E-state index >= 15 is 0 Å². The Balaban J connectivity index is 1.69. The lowest BCUT2D eigenvalue weighted by Gasteiger charge is -2.10. The highest BCUT2D eigenvalue weighted by molar-refractivity contribution is 5.94. The summed E-state index contributed by atoms with van der Waals surface area (Å²) in [6.07, 6.45) is 6.03. The van der Waals surface area contributed by atoms with Gasteiger partial charge >= 0.3 is 5.97 Å². The first-order valence-corrected chi connectivity index (χ1v) is 7.67. The quantitative estimate of drug-likeness (QED) is 0.767. The number of benzene rings is 1. The summed E-state index contributed by atoms with van der Waals surface area (Å²) < 4.78 is 2.05. The van der Waals surface area contributed by atoms with Crippen LogP contribution in [0.4, 0.5) is 11.5 Å². The molecule has 2 heterocycles. The first-order chi connectivity index (χ1) is 11.1. The zero-order valence-electron chi connectivity index (χ0n) is 12.8. The van der Waals surface area contributed by atoms with E-state index in [1.807, 2.05) is 42.1 Å². The standard InChI is InChI=1S/C18H17N3O2/c1-21-7-6-12-8-14(4-5-16(12)21)20-17-15(18(22)23)9-13(10-19-17)11-2-3-11/h4-11H,2-3H2,1H3,(H,19,20)(H,22,23). The molecule has 0 aliphatic heterocycles. The molecule has 5 nitrogen and oxygen atoms in total. The van der Waals surface area contributed by atoms with Crippen molar-refractivity contribution >= 4 is 28.4 Å². The Labute approximate surface area is 133 Å². The van der Waals surface area contributed by atoms with Crippen molar-refractivity contribution in [1.82, 2.24) is 9.55 Å². The van der Waals surface area contributed by atoms with Crippen LogP contribution in [0.3, 0.4) is 0 Å². The summed E-state index contributed by atoms with van der Waals surface area (Å²) in [5.74, 6) is -0.0872. The summed E-state index contributed by atoms with van der Waals surface area (Å²) in [5.41, 5.74) is 3.21. The van der Waals surface area contributed by atoms with Crippen LogP contribution in [-0.2, 0) is 7.05 Å². The van der Waals surface area contributed by atoms with E-state index in [2.05, 4.69) is 10.3 Å². The van der Waals surface area contributed by atoms with Crippen LogP contribution in [0.1, 0.15) is 34.7 Å². The van der Waals surface area contributed by atoms with Crippen LogP contribution in [0.2, 0.25) is 0 Å². The average Bonchev–Trinajstić information content (AvgIpc) is 3.32. The number of carboxylic acid groups (broad SMARTS) is 1. The number of fused-ring (bicyclic) bond motifs is 1. The fourth-order valence-corrected chi connectivity index (χ4v) is 2.88. The van der Waals surface area contributed by atoms with E-state index in [1.54, 1.807) is 12.3 Å². The third-order valence-electron chi connectivity index (χ3n) is 4.34. The molecule has 0 saturated heterocycles. The molecule has 4 rings (SSSR count). The van der Waals surface area contributed by atoms with E-state index in [-0.39, 0.29) is 5.56 Å². The maximum atomic E-state index is 11.5. The van der Waals surface area contributed by atoms with Gasteiger partial charge in [-0.25, -0.2) is 9.78 Å². The number of aryl methyl sites for hydroxylation is 1. The van der Waals surface area contributed by atoms with Crippen LogP contribution < -0.4 is 5.32 Å². The Kier molecular flexibility index (Phi) is 3.08. The van der Waals surface area contributed by atoms with Gasteiger partial charge in [-0.2, -0.15) is 0 Å². The summed E-state index contributed by atoms with van der Waals surface area (Å²) in [6.45, 7) is 0. The number of carboxylic acids is 1. The fourth-order valence-electron chi connectivity index (χ4n) is 2.88. The summed E-state index contributed by atoms with van der Waals surface area (Å²) in [7, 11) is 2.00. The number of rotatable bonds is 4. The van der Waals surface area contributed by atoms with E-state index in [0.717, 1.165) is 35.0 Å². The lowest BCUT2D eigenvalue weighted by atomic mass is 10.1. The molecule has 1 aliphatic carbocycles. The summed E-state index contributed by atoms with van der Waals surface area (Å²) >= 11 is 0. The Bertz CT molecular complexity index is 910. The van der Waals surface area contributed by atoms with Gasteiger partial charge in [-0.1, -0.05) is 0 Å². The number of hydrogen-bond acceptors (Lipinski definition) is 3. The fraction of sp³-hybridized carbons (Fsp3) is 0.222. The van der Waals surface area contributed by atoms with Gasteiger partial charge in [-0.15, -0.1) is 0 Å². The largest absolute Gasteiger partial charge is 0.478 e. The normalized spacial score (nSPS) is 14.1. The van der Waals surface area contributed by atoms with Crippen LogP contribution in [0, 0.1) is 0 Å². The van der Waals surface area contributed by atoms with Crippen LogP contribution in [-0.4, -0.2) is 20.6 Å². The predicted molar refractivity (Wildman–Crippen MR) is 89.4 cm³/mol. The molecule has 0 atom stereocenters. The van der Waals surface area contributed by atoms with Gasteiger partial charge in [-0.05, 0) is 54.7 Å². The molecule has 2 N–H and O–H groups in total. The monoisotopic (exact) mass is 307 g/mol. The molecular formula is C18H17N3O2. The molecular weight excluding hydrogens is 290 g/mol. The molecule has 3 aromatic rings. The van der Waals surface area contributed by atoms with Crippen LogP contribution in [0.25, 0.3) is 10.9 Å². The van der Waals surface area contributed by atoms with Crippen LogP contribution >= 0.6 is 0 Å². The van der Waals surface area contributed by atoms with Gasteiger partial charge in [-0.3, -0.25) is 0 Å². The second kappa shape index (κ2) is 5.12. The van der Waals surface area contributed by atoms with Crippen molar-refractivity contribution < 1.29 is 9.90 Å². The molecule has 1 saturated carbocycles. The van der Waals surface area contributed by atoms with Gasteiger partial charge in [0, 0.05) is 36.0 Å². The topological polar surface area (TPSA) is 67.2 Å². The number of hydrogen-bond donors (Lipinski definition) is 2. The van der Waals surface area contributed by atoms with Gasteiger partial charge in [0.1, 0.15) is 11.4 Å². The van der Waals surface area contributed by atoms with Gasteiger partial charge < -0.3 is 15.0 Å². The third-order valence-corrected chi connectivity index (χ3v) is 4.34. The second-order valence-electron chi connectivity index (χ2n) is 6.07. The first kappa shape index (κ1) is 13.8. The predicted octanol–water partition coefficient (Wildman–Crippen LogP) is 3.89. The summed E-state index contributed by atoms with van der Waals surface area (Å²) in [6, 6.07) is 9.72. The van der Waals surface area contributed by atoms with E-state index in [4.69, 9.17) is 0 Å². The Morgan fingerprint density at radius 1 is 1.30 bits per heavy atom. The maximum Gasteiger partial charge on any atom is 0.339 e. The van der Waals surface area contributed by atoms with Crippen molar-refractivity contribution in [3.8, 4) is 0 Å². The van der Waals surface area contributed by atoms with E-state index in [1.165, 1.54) is 0 Å². The van der Waals surface area contributed by atoms with Crippen molar-refractivity contribution in [2.75, 3.05) is 5.32 Å². The number of nitrogens with zero attached hydrogens (tertiary/aromatic N) is 2. The molecule has 0 amide bonds. The average molecular weight is 307 g/mol. The zero-order valence-corrected chi connectivity index (χ0v) is 12.8. The molecule has 1 aliphatic rings. The van der Waals surface area contributed by atoms with Gasteiger partial charge in [0.25, 0.3) is 0 Å². The van der Waals surface area contributed by atoms with E-state index in [9.17, 15) is 9.90 Å². The van der Waals surface area contributed by atoms with Crippen molar-refractivity contribution in [3.63, 3.8) is 0 Å². The molecule has 1 aromatic carbocycles. The van der Waals surface area contributed by atoms with Crippen LogP contribution in [0.5, 0.6) is 0 Å². The maximum absolute atomic E-state index is 11.5. The number of aromatic nitrogens is 2. The number of nitrogens with one attached hydrogen (secondary N) is 1. The lowest BCUT2D eigenvalue weighted by molar-refractivity contribution is 0.0697. The molecule has 0 unspecified atom stereocenters. The molecule has 0 bridgehead atoms. The SMILES string of the molecule is Cn1ccc2cc(Nc3ncc(C4CC4)cc3C(=O)O)ccc21. The van der Waals surface area contributed by atoms with Gasteiger partial charge in [0.15, 0.2) is 0 Å². The van der Waals surface area contributed by atoms with E-state index < -0.39 is 5.97 Å². The minimum Gasteiger partial charge on any atom is -0.478 e. The van der Waals surface area contributed by atoms with Gasteiger partial charge in [0.2, 0.25) is 0 Å². The Morgan fingerprint density at radius 2 is 2.13 bits per heavy atom. The zero-order chi connectivity index (χ0) is 16.0. The van der Waals surface area contributed by atoms with Crippen molar-refractivity contribution in [1.29, 1.82) is 0 Å². The molecule has 2 aromatic heterocycles. The molecule has 116 valence electrons. The number of aromatic carboxylic acids is 1. The minimum absolute atomic E-state index is 0.225. The minimum atomic E-state index is -0.955. The third kappa shape index (κ3) is 2.54. The lowest BCUT2D eigenvalue weighted by Crippen LogP contribution is -2.06. The van der Waals surface area contributed by atoms with Crippen LogP contribution in [0.15, 0.2) is 42.7 Å². The highest BCUT2D eigenvalue weighted by Crippen LogP contribution is 2.40. The number of carbonyl (C=O) groups is 1. The van der Waals surface area contributed by atoms with Crippen molar-refractivity contribution in [3.05, 3.63) is 53.9 Å². The van der Waals surface area contributed by atoms with Crippen molar-refractivity contribution in [2.45, 2.75) is 18.8 Å². The highest BCUT2D eigenvalue weighted by atomic mass is 16.4. The second-order valence-corrected chi connectivity index (χ2v) is 6.07. The Hall–Kier alpha value is -2.82. The molecule has 0 radical (unpaired) electrons. The summed E-state index contributed by atoms with van der Waals surface area (Å²) in [4.78, 5) is 15.9. The summed E-state index contributed by atoms with van der Waals surface area (Å²) in [5, 5.41) is 13.7. The molecule has 5 heteroatoms. The Morgan fingerprint density at radius 3 is 2.87 bits per heavy atom. The molecule has 23 heavy (non-hydrogen) atoms. The van der Waals surface area contributed by atoms with Gasteiger partial charge in [0.05, 0.1) is 0 Å². The molecule has 0 spiro atoms. The first-order valence-electron chi connectivity index (χ1n) is 7.67. The highest BCUT2D eigenvalue weighted by Gasteiger charge is 2.25. The number of pyridine rings is 1. The van der Waals surface area contributed by atoms with E-state index in [0.29, 0.717) is 11.7 Å². The molecule has 1 fully saturated rings. The smallest absolute Gasteiger partial charge is 0.339 e.